The number of hydrogen-bond donors (Lipinski definition) is 2. The van der Waals surface area contributed by atoms with Crippen LogP contribution >= 0.6 is 0 Å². The van der Waals surface area contributed by atoms with Crippen LogP contribution in [0.5, 0.6) is 0 Å². The molecule has 0 spiro atoms. The van der Waals surface area contributed by atoms with Crippen LogP contribution < -0.4 is 11.1 Å². The highest BCUT2D eigenvalue weighted by Crippen LogP contribution is 2.19. The van der Waals surface area contributed by atoms with Crippen molar-refractivity contribution in [3.63, 3.8) is 0 Å². The number of hydrogen-bond acceptors (Lipinski definition) is 5. The molecule has 3 N–H and O–H groups in total. The predicted octanol–water partition coefficient (Wildman–Crippen LogP) is 2.54. The molecule has 3 rings (SSSR count). The van der Waals surface area contributed by atoms with E-state index >= 15 is 0 Å². The van der Waals surface area contributed by atoms with E-state index in [1.165, 1.54) is 30.8 Å². The van der Waals surface area contributed by atoms with Crippen molar-refractivity contribution in [3.8, 4) is 0 Å². The number of piperidine rings is 1. The number of nitrogens with two attached hydrogens (primary N) is 1. The molecule has 0 bridgehead atoms. The van der Waals surface area contributed by atoms with Crippen LogP contribution in [-0.4, -0.2) is 33.9 Å². The van der Waals surface area contributed by atoms with Gasteiger partial charge >= 0.3 is 0 Å². The van der Waals surface area contributed by atoms with Gasteiger partial charge in [-0.15, -0.1) is 0 Å². The molecule has 6 nitrogen and oxygen atoms in total. The molecule has 1 amide bonds. The van der Waals surface area contributed by atoms with E-state index in [9.17, 15) is 4.79 Å². The fraction of sp³-hybridized carbons (Fsp3) is 0.389. The zero-order valence-electron chi connectivity index (χ0n) is 13.9. The first kappa shape index (κ1) is 16.4. The number of nitrogens with zero attached hydrogens (tertiary/aromatic N) is 3. The second kappa shape index (κ2) is 7.40. The molecule has 0 radical (unpaired) electrons. The molecule has 1 saturated heterocycles. The van der Waals surface area contributed by atoms with E-state index in [1.54, 1.807) is 0 Å². The summed E-state index contributed by atoms with van der Waals surface area (Å²) in [5, 5.41) is 2.80. The number of anilines is 2. The molecule has 1 aliphatic rings. The lowest BCUT2D eigenvalue weighted by atomic mass is 10.00. The Morgan fingerprint density at radius 1 is 1.29 bits per heavy atom. The van der Waals surface area contributed by atoms with Crippen molar-refractivity contribution in [1.82, 2.24) is 14.9 Å². The van der Waals surface area contributed by atoms with E-state index in [-0.39, 0.29) is 17.4 Å². The molecule has 1 fully saturated rings. The molecular formula is C18H23N5O. The predicted molar refractivity (Wildman–Crippen MR) is 94.5 cm³/mol. The first-order valence-electron chi connectivity index (χ1n) is 8.31. The summed E-state index contributed by atoms with van der Waals surface area (Å²) in [4.78, 5) is 22.5. The van der Waals surface area contributed by atoms with Gasteiger partial charge < -0.3 is 11.1 Å². The minimum Gasteiger partial charge on any atom is -0.382 e. The van der Waals surface area contributed by atoms with Crippen LogP contribution in [0.4, 0.5) is 11.5 Å². The zero-order valence-corrected chi connectivity index (χ0v) is 13.9. The van der Waals surface area contributed by atoms with Crippen LogP contribution in [0.1, 0.15) is 35.8 Å². The molecule has 24 heavy (non-hydrogen) atoms. The highest BCUT2D eigenvalue weighted by Gasteiger charge is 2.16. The monoisotopic (exact) mass is 325 g/mol. The number of carbonyl (C=O) groups excluding carboxylic acids is 1. The van der Waals surface area contributed by atoms with Gasteiger partial charge in [-0.1, -0.05) is 19.1 Å². The van der Waals surface area contributed by atoms with E-state index in [1.807, 2.05) is 12.1 Å². The lowest BCUT2D eigenvalue weighted by molar-refractivity contribution is 0.102. The molecule has 1 aliphatic heterocycles. The highest BCUT2D eigenvalue weighted by atomic mass is 16.1. The lowest BCUT2D eigenvalue weighted by Gasteiger charge is -2.30. The molecule has 1 aromatic carbocycles. The van der Waals surface area contributed by atoms with Crippen LogP contribution in [-0.2, 0) is 6.54 Å². The third-order valence-corrected chi connectivity index (χ3v) is 4.30. The summed E-state index contributed by atoms with van der Waals surface area (Å²) in [5.74, 6) is 0.554. The Kier molecular flexibility index (Phi) is 5.05. The van der Waals surface area contributed by atoms with Gasteiger partial charge in [0.25, 0.3) is 5.91 Å². The van der Waals surface area contributed by atoms with Crippen LogP contribution in [0.2, 0.25) is 0 Å². The summed E-state index contributed by atoms with van der Waals surface area (Å²) >= 11 is 0. The first-order chi connectivity index (χ1) is 11.6. The summed E-state index contributed by atoms with van der Waals surface area (Å²) in [6.07, 6.45) is 5.51. The van der Waals surface area contributed by atoms with Gasteiger partial charge in [0.05, 0.1) is 0 Å². The van der Waals surface area contributed by atoms with E-state index in [4.69, 9.17) is 5.73 Å². The Labute approximate surface area is 142 Å². The lowest BCUT2D eigenvalue weighted by Crippen LogP contribution is -2.33. The van der Waals surface area contributed by atoms with E-state index in [0.717, 1.165) is 31.2 Å². The largest absolute Gasteiger partial charge is 0.382 e. The smallest absolute Gasteiger partial charge is 0.278 e. The number of benzene rings is 1. The van der Waals surface area contributed by atoms with Crippen molar-refractivity contribution in [2.75, 3.05) is 24.1 Å². The fourth-order valence-corrected chi connectivity index (χ4v) is 3.10. The van der Waals surface area contributed by atoms with E-state index in [2.05, 4.69) is 39.2 Å². The van der Waals surface area contributed by atoms with Crippen molar-refractivity contribution in [2.24, 2.45) is 5.92 Å². The molecule has 0 aliphatic carbocycles. The number of aromatic nitrogens is 2. The highest BCUT2D eigenvalue weighted by molar-refractivity contribution is 6.05. The van der Waals surface area contributed by atoms with Gasteiger partial charge in [0, 0.05) is 31.2 Å². The maximum Gasteiger partial charge on any atom is 0.278 e. The molecule has 2 heterocycles. The Morgan fingerprint density at radius 2 is 2.04 bits per heavy atom. The molecule has 0 saturated carbocycles. The average molecular weight is 325 g/mol. The molecule has 6 heteroatoms. The number of likely N-dealkylation sites (tertiary alicyclic amines) is 1. The van der Waals surface area contributed by atoms with Crippen LogP contribution in [0.3, 0.4) is 0 Å². The van der Waals surface area contributed by atoms with Crippen molar-refractivity contribution in [2.45, 2.75) is 26.3 Å². The summed E-state index contributed by atoms with van der Waals surface area (Å²) < 4.78 is 0. The van der Waals surface area contributed by atoms with Crippen molar-refractivity contribution < 1.29 is 4.79 Å². The van der Waals surface area contributed by atoms with Crippen LogP contribution in [0.25, 0.3) is 0 Å². The van der Waals surface area contributed by atoms with Crippen molar-refractivity contribution in [1.29, 1.82) is 0 Å². The van der Waals surface area contributed by atoms with Gasteiger partial charge in [-0.3, -0.25) is 9.69 Å². The normalized spacial score (nSPS) is 18.3. The molecule has 0 unspecified atom stereocenters. The first-order valence-corrected chi connectivity index (χ1v) is 8.31. The third-order valence-electron chi connectivity index (χ3n) is 4.30. The minimum atomic E-state index is -0.349. The molecule has 126 valence electrons. The van der Waals surface area contributed by atoms with Crippen LogP contribution in [0, 0.1) is 5.92 Å². The topological polar surface area (TPSA) is 84.1 Å². The Bertz CT molecular complexity index is 701. The average Bonchev–Trinajstić information content (AvgIpc) is 2.57. The summed E-state index contributed by atoms with van der Waals surface area (Å²) in [6.45, 7) is 5.58. The minimum absolute atomic E-state index is 0.130. The molecule has 2 aromatic rings. The SMILES string of the molecule is C[C@H]1CCCN(Cc2ccc(NC(=O)c3nccnc3N)cc2)C1. The van der Waals surface area contributed by atoms with Gasteiger partial charge in [-0.2, -0.15) is 0 Å². The third kappa shape index (κ3) is 4.08. The number of nitrogen functional groups attached to an aromatic ring is 1. The second-order valence-electron chi connectivity index (χ2n) is 6.42. The second-order valence-corrected chi connectivity index (χ2v) is 6.42. The Balaban J connectivity index is 1.60. The number of nitrogens with one attached hydrogen (secondary N) is 1. The standard InChI is InChI=1S/C18H23N5O/c1-13-3-2-10-23(11-13)12-14-4-6-15(7-5-14)22-18(24)16-17(19)21-9-8-20-16/h4-9,13H,2-3,10-12H2,1H3,(H2,19,21)(H,22,24)/t13-/m0/s1. The van der Waals surface area contributed by atoms with E-state index in [0.29, 0.717) is 0 Å². The summed E-state index contributed by atoms with van der Waals surface area (Å²) in [5.41, 5.74) is 7.79. The fourth-order valence-electron chi connectivity index (χ4n) is 3.10. The van der Waals surface area contributed by atoms with Gasteiger partial charge in [0.15, 0.2) is 11.5 Å². The van der Waals surface area contributed by atoms with E-state index < -0.39 is 0 Å². The molecule has 1 aromatic heterocycles. The van der Waals surface area contributed by atoms with Gasteiger partial charge in [-0.25, -0.2) is 9.97 Å². The number of rotatable bonds is 4. The van der Waals surface area contributed by atoms with Crippen molar-refractivity contribution >= 4 is 17.4 Å². The Hall–Kier alpha value is -2.47. The molecule has 1 atom stereocenters. The van der Waals surface area contributed by atoms with Gasteiger partial charge in [0.2, 0.25) is 0 Å². The maximum absolute atomic E-state index is 12.2. The zero-order chi connectivity index (χ0) is 16.9. The summed E-state index contributed by atoms with van der Waals surface area (Å²) in [6, 6.07) is 7.92. The van der Waals surface area contributed by atoms with Gasteiger partial charge in [-0.05, 0) is 43.0 Å². The quantitative estimate of drug-likeness (QED) is 0.902. The van der Waals surface area contributed by atoms with Crippen molar-refractivity contribution in [3.05, 3.63) is 47.9 Å². The van der Waals surface area contributed by atoms with Gasteiger partial charge in [0.1, 0.15) is 0 Å². The number of carbonyl (C=O) groups is 1. The maximum atomic E-state index is 12.2. The number of amides is 1. The van der Waals surface area contributed by atoms with Crippen LogP contribution in [0.15, 0.2) is 36.7 Å². The Morgan fingerprint density at radius 3 is 2.75 bits per heavy atom. The molecular weight excluding hydrogens is 302 g/mol. The summed E-state index contributed by atoms with van der Waals surface area (Å²) in [7, 11) is 0.